The van der Waals surface area contributed by atoms with Crippen molar-refractivity contribution in [2.75, 3.05) is 0 Å². The zero-order chi connectivity index (χ0) is 7.56. The molecule has 3 heteroatoms. The summed E-state index contributed by atoms with van der Waals surface area (Å²) in [4.78, 5) is 0. The molecule has 0 amide bonds. The van der Waals surface area contributed by atoms with Gasteiger partial charge in [0.05, 0.1) is 6.10 Å². The highest BCUT2D eigenvalue weighted by molar-refractivity contribution is 6.30. The number of allylic oxidation sites excluding steroid dienone is 1. The van der Waals surface area contributed by atoms with Crippen molar-refractivity contribution in [1.29, 1.82) is 0 Å². The van der Waals surface area contributed by atoms with Crippen LogP contribution in [0, 0.1) is 0 Å². The largest absolute Gasteiger partial charge is 0.354 e. The summed E-state index contributed by atoms with van der Waals surface area (Å²) < 4.78 is 5.29. The van der Waals surface area contributed by atoms with Crippen molar-refractivity contribution in [3.63, 3.8) is 0 Å². The van der Waals surface area contributed by atoms with Gasteiger partial charge in [0.25, 0.3) is 0 Å². The Bertz CT molecular complexity index is 145. The Morgan fingerprint density at radius 2 is 2.40 bits per heavy atom. The average Bonchev–Trinajstić information content (AvgIpc) is 1.96. The summed E-state index contributed by atoms with van der Waals surface area (Å²) in [7, 11) is 0. The fourth-order valence-corrected chi connectivity index (χ4v) is 1.31. The summed E-state index contributed by atoms with van der Waals surface area (Å²) >= 11 is 11.6. The van der Waals surface area contributed by atoms with Gasteiger partial charge < -0.3 is 4.74 Å². The quantitative estimate of drug-likeness (QED) is 0.522. The molecule has 2 atom stereocenters. The minimum Gasteiger partial charge on any atom is -0.354 e. The predicted octanol–water partition coefficient (Wildman–Crippen LogP) is 2.87. The lowest BCUT2D eigenvalue weighted by atomic mass is 10.3. The molecule has 0 fully saturated rings. The Labute approximate surface area is 71.0 Å². The molecule has 1 aliphatic heterocycles. The van der Waals surface area contributed by atoms with Crippen LogP contribution in [-0.2, 0) is 4.74 Å². The molecule has 1 unspecified atom stereocenters. The molecule has 1 aliphatic rings. The Morgan fingerprint density at radius 1 is 1.70 bits per heavy atom. The standard InChI is InChI=1S/C7H10Cl2O/c1-5-6(8)3-2-4-7(9)10-5/h3,5,7H,2,4H2,1H3/t5-,7?/m1/s1. The fourth-order valence-electron chi connectivity index (χ4n) is 0.873. The molecule has 0 spiro atoms. The molecule has 1 heterocycles. The van der Waals surface area contributed by atoms with E-state index in [2.05, 4.69) is 0 Å². The van der Waals surface area contributed by atoms with Gasteiger partial charge in [-0.05, 0) is 19.8 Å². The van der Waals surface area contributed by atoms with Crippen LogP contribution in [0.4, 0.5) is 0 Å². The maximum Gasteiger partial charge on any atom is 0.132 e. The Balaban J connectivity index is 2.55. The van der Waals surface area contributed by atoms with Crippen LogP contribution in [0.25, 0.3) is 0 Å². The molecule has 58 valence electrons. The third-order valence-corrected chi connectivity index (χ3v) is 2.26. The number of hydrogen-bond donors (Lipinski definition) is 0. The Kier molecular flexibility index (Phi) is 3.02. The van der Waals surface area contributed by atoms with E-state index in [9.17, 15) is 0 Å². The number of alkyl halides is 1. The molecule has 0 aromatic heterocycles. The van der Waals surface area contributed by atoms with Gasteiger partial charge in [-0.15, -0.1) is 0 Å². The van der Waals surface area contributed by atoms with Gasteiger partial charge in [-0.1, -0.05) is 29.3 Å². The molecule has 0 saturated carbocycles. The second-order valence-corrected chi connectivity index (χ2v) is 3.28. The molecule has 10 heavy (non-hydrogen) atoms. The van der Waals surface area contributed by atoms with E-state index in [0.29, 0.717) is 0 Å². The van der Waals surface area contributed by atoms with E-state index in [4.69, 9.17) is 27.9 Å². The highest BCUT2D eigenvalue weighted by atomic mass is 35.5. The van der Waals surface area contributed by atoms with E-state index in [1.807, 2.05) is 13.0 Å². The SMILES string of the molecule is C[C@H]1OC(Cl)CCC=C1Cl. The van der Waals surface area contributed by atoms with Crippen molar-refractivity contribution < 1.29 is 4.74 Å². The Morgan fingerprint density at radius 3 is 3.10 bits per heavy atom. The minimum atomic E-state index is -0.178. The second kappa shape index (κ2) is 3.61. The van der Waals surface area contributed by atoms with Crippen LogP contribution in [-0.4, -0.2) is 11.7 Å². The van der Waals surface area contributed by atoms with E-state index >= 15 is 0 Å². The third kappa shape index (κ3) is 2.15. The molecule has 0 N–H and O–H groups in total. The lowest BCUT2D eigenvalue weighted by Gasteiger charge is -2.12. The average molecular weight is 181 g/mol. The van der Waals surface area contributed by atoms with Gasteiger partial charge in [0, 0.05) is 5.03 Å². The van der Waals surface area contributed by atoms with Crippen LogP contribution < -0.4 is 0 Å². The third-order valence-electron chi connectivity index (χ3n) is 1.47. The Hall–Kier alpha value is 0.280. The van der Waals surface area contributed by atoms with Gasteiger partial charge in [0.15, 0.2) is 0 Å². The van der Waals surface area contributed by atoms with E-state index in [1.165, 1.54) is 0 Å². The first-order valence-corrected chi connectivity index (χ1v) is 4.16. The van der Waals surface area contributed by atoms with Gasteiger partial charge >= 0.3 is 0 Å². The summed E-state index contributed by atoms with van der Waals surface area (Å²) in [6.45, 7) is 1.90. The number of rotatable bonds is 0. The van der Waals surface area contributed by atoms with Crippen molar-refractivity contribution in [2.45, 2.75) is 31.4 Å². The van der Waals surface area contributed by atoms with E-state index in [0.717, 1.165) is 17.9 Å². The molecule has 0 saturated heterocycles. The number of hydrogen-bond acceptors (Lipinski definition) is 1. The number of halogens is 2. The second-order valence-electron chi connectivity index (χ2n) is 2.35. The first-order chi connectivity index (χ1) is 4.70. The summed E-state index contributed by atoms with van der Waals surface area (Å²) in [6.07, 6.45) is 3.69. The first-order valence-electron chi connectivity index (χ1n) is 3.35. The molecule has 1 nitrogen and oxygen atoms in total. The van der Waals surface area contributed by atoms with Crippen molar-refractivity contribution in [2.24, 2.45) is 0 Å². The highest BCUT2D eigenvalue weighted by Crippen LogP contribution is 2.22. The summed E-state index contributed by atoms with van der Waals surface area (Å²) in [5.74, 6) is 0. The topological polar surface area (TPSA) is 9.23 Å². The van der Waals surface area contributed by atoms with Crippen molar-refractivity contribution >= 4 is 23.2 Å². The molecular weight excluding hydrogens is 171 g/mol. The fraction of sp³-hybridized carbons (Fsp3) is 0.714. The zero-order valence-corrected chi connectivity index (χ0v) is 7.32. The summed E-state index contributed by atoms with van der Waals surface area (Å²) in [5, 5.41) is 0.767. The van der Waals surface area contributed by atoms with Gasteiger partial charge in [0.1, 0.15) is 5.56 Å². The smallest absolute Gasteiger partial charge is 0.132 e. The minimum absolute atomic E-state index is 0.0355. The summed E-state index contributed by atoms with van der Waals surface area (Å²) in [5.41, 5.74) is -0.178. The molecule has 0 aromatic carbocycles. The normalized spacial score (nSPS) is 34.9. The zero-order valence-electron chi connectivity index (χ0n) is 5.81. The van der Waals surface area contributed by atoms with E-state index in [1.54, 1.807) is 0 Å². The molecule has 0 radical (unpaired) electrons. The van der Waals surface area contributed by atoms with Crippen LogP contribution in [0.15, 0.2) is 11.1 Å². The summed E-state index contributed by atoms with van der Waals surface area (Å²) in [6, 6.07) is 0. The van der Waals surface area contributed by atoms with Crippen LogP contribution in [0.3, 0.4) is 0 Å². The van der Waals surface area contributed by atoms with Gasteiger partial charge in [0.2, 0.25) is 0 Å². The van der Waals surface area contributed by atoms with Crippen molar-refractivity contribution in [3.05, 3.63) is 11.1 Å². The monoisotopic (exact) mass is 180 g/mol. The van der Waals surface area contributed by atoms with Crippen molar-refractivity contribution in [3.8, 4) is 0 Å². The van der Waals surface area contributed by atoms with E-state index < -0.39 is 0 Å². The lowest BCUT2D eigenvalue weighted by Crippen LogP contribution is -2.12. The van der Waals surface area contributed by atoms with Crippen molar-refractivity contribution in [1.82, 2.24) is 0 Å². The number of ether oxygens (including phenoxy) is 1. The van der Waals surface area contributed by atoms with Crippen LogP contribution >= 0.6 is 23.2 Å². The first kappa shape index (κ1) is 8.38. The molecular formula is C7H10Cl2O. The lowest BCUT2D eigenvalue weighted by molar-refractivity contribution is 0.0703. The predicted molar refractivity (Wildman–Crippen MR) is 43.4 cm³/mol. The van der Waals surface area contributed by atoms with Gasteiger partial charge in [-0.3, -0.25) is 0 Å². The van der Waals surface area contributed by atoms with Crippen LogP contribution in [0.2, 0.25) is 0 Å². The molecule has 0 aliphatic carbocycles. The molecule has 0 aromatic rings. The van der Waals surface area contributed by atoms with Gasteiger partial charge in [-0.2, -0.15) is 0 Å². The maximum atomic E-state index is 5.81. The molecule has 0 bridgehead atoms. The van der Waals surface area contributed by atoms with Crippen LogP contribution in [0.1, 0.15) is 19.8 Å². The highest BCUT2D eigenvalue weighted by Gasteiger charge is 2.15. The maximum absolute atomic E-state index is 5.81. The molecule has 1 rings (SSSR count). The van der Waals surface area contributed by atoms with Crippen LogP contribution in [0.5, 0.6) is 0 Å². The van der Waals surface area contributed by atoms with Gasteiger partial charge in [-0.25, -0.2) is 0 Å². The van der Waals surface area contributed by atoms with E-state index in [-0.39, 0.29) is 11.7 Å².